The van der Waals surface area contributed by atoms with E-state index in [9.17, 15) is 50.0 Å². The Morgan fingerprint density at radius 3 is 1.11 bits per heavy atom. The van der Waals surface area contributed by atoms with Gasteiger partial charge in [0.25, 0.3) is 22.7 Å². The van der Waals surface area contributed by atoms with Crippen molar-refractivity contribution in [2.45, 2.75) is 24.9 Å². The Morgan fingerprint density at radius 2 is 0.812 bits per heavy atom. The summed E-state index contributed by atoms with van der Waals surface area (Å²) in [6.07, 6.45) is 0.264. The van der Waals surface area contributed by atoms with Gasteiger partial charge in [-0.15, -0.1) is 0 Å². The molecule has 2 N–H and O–H groups in total. The lowest BCUT2D eigenvalue weighted by atomic mass is 10.0. The molecule has 0 radical (unpaired) electrons. The molecule has 0 aliphatic carbocycles. The van der Waals surface area contributed by atoms with E-state index in [2.05, 4.69) is 10.6 Å². The third kappa shape index (κ3) is 14.5. The first-order chi connectivity index (χ1) is 30.9. The Morgan fingerprint density at radius 1 is 0.484 bits per heavy atom. The van der Waals surface area contributed by atoms with Gasteiger partial charge in [-0.1, -0.05) is 60.7 Å². The second kappa shape index (κ2) is 24.5. The van der Waals surface area contributed by atoms with E-state index in [0.717, 1.165) is 35.4 Å². The van der Waals surface area contributed by atoms with Crippen LogP contribution in [-0.4, -0.2) is 132 Å². The van der Waals surface area contributed by atoms with Crippen LogP contribution in [0.4, 0.5) is 34.1 Å². The fraction of sp³-hybridized carbons (Fsp3) is 0.381. The van der Waals surface area contributed by atoms with Crippen molar-refractivity contribution < 1.29 is 48.2 Å². The molecule has 0 aromatic heterocycles. The van der Waals surface area contributed by atoms with E-state index in [1.807, 2.05) is 36.4 Å². The van der Waals surface area contributed by atoms with Gasteiger partial charge in [0.1, 0.15) is 23.5 Å². The third-order valence-electron chi connectivity index (χ3n) is 9.99. The van der Waals surface area contributed by atoms with Gasteiger partial charge in [-0.2, -0.15) is 0 Å². The number of hydrogen-bond acceptors (Lipinski definition) is 16. The third-order valence-corrected chi connectivity index (χ3v) is 9.99. The minimum Gasteiger partial charge on any atom is -0.377 e. The van der Waals surface area contributed by atoms with Gasteiger partial charge in [-0.25, -0.2) is 0 Å². The van der Waals surface area contributed by atoms with Crippen molar-refractivity contribution in [1.82, 2.24) is 9.80 Å². The predicted molar refractivity (Wildman–Crippen MR) is 231 cm³/mol. The molecule has 2 atom stereocenters. The minimum atomic E-state index is -1.02. The lowest BCUT2D eigenvalue weighted by molar-refractivity contribution is -0.393. The Balaban J connectivity index is 1.25. The van der Waals surface area contributed by atoms with Crippen LogP contribution in [0.3, 0.4) is 0 Å². The number of nitrogens with zero attached hydrogens (tertiary/aromatic N) is 6. The van der Waals surface area contributed by atoms with E-state index < -0.39 is 66.3 Å². The van der Waals surface area contributed by atoms with Crippen LogP contribution in [0, 0.1) is 40.5 Å². The first-order valence-electron chi connectivity index (χ1n) is 20.3. The smallest absolute Gasteiger partial charge is 0.299 e. The van der Waals surface area contributed by atoms with Gasteiger partial charge in [0, 0.05) is 51.2 Å². The van der Waals surface area contributed by atoms with Crippen LogP contribution in [0.2, 0.25) is 0 Å². The highest BCUT2D eigenvalue weighted by atomic mass is 16.6. The Hall–Kier alpha value is -7.14. The van der Waals surface area contributed by atoms with E-state index in [1.165, 1.54) is 21.9 Å². The van der Waals surface area contributed by atoms with E-state index in [4.69, 9.17) is 18.9 Å². The zero-order valence-electron chi connectivity index (χ0n) is 34.7. The number of carbonyl (C=O) groups excluding carboxylic acids is 2. The molecular weight excluding hydrogens is 841 g/mol. The summed E-state index contributed by atoms with van der Waals surface area (Å²) in [5, 5.41) is 52.6. The van der Waals surface area contributed by atoms with Gasteiger partial charge in [0.2, 0.25) is 11.8 Å². The van der Waals surface area contributed by atoms with Gasteiger partial charge >= 0.3 is 0 Å². The van der Waals surface area contributed by atoms with Crippen molar-refractivity contribution in [2.24, 2.45) is 0 Å². The number of ether oxygens (including phenoxy) is 4. The van der Waals surface area contributed by atoms with Gasteiger partial charge in [0.15, 0.2) is 0 Å². The van der Waals surface area contributed by atoms with E-state index >= 15 is 0 Å². The molecule has 4 aromatic rings. The van der Waals surface area contributed by atoms with E-state index in [1.54, 1.807) is 24.3 Å². The number of carbonyl (C=O) groups is 2. The van der Waals surface area contributed by atoms with Crippen molar-refractivity contribution >= 4 is 45.9 Å². The Kier molecular flexibility index (Phi) is 18.3. The molecule has 1 saturated heterocycles. The largest absolute Gasteiger partial charge is 0.377 e. The second-order valence-corrected chi connectivity index (χ2v) is 14.3. The van der Waals surface area contributed by atoms with Crippen molar-refractivity contribution in [3.63, 3.8) is 0 Å². The summed E-state index contributed by atoms with van der Waals surface area (Å²) in [7, 11) is 0. The number of non-ortho nitro benzene ring substituents is 2. The molecule has 5 rings (SSSR count). The molecular formula is C42H48N8O14. The fourth-order valence-corrected chi connectivity index (χ4v) is 6.74. The maximum atomic E-state index is 14.2. The monoisotopic (exact) mass is 888 g/mol. The molecule has 22 nitrogen and oxygen atoms in total. The molecule has 0 bridgehead atoms. The van der Waals surface area contributed by atoms with Gasteiger partial charge in [-0.3, -0.25) is 50.0 Å². The molecule has 0 unspecified atom stereocenters. The summed E-state index contributed by atoms with van der Waals surface area (Å²) in [5.41, 5.74) is -0.668. The maximum absolute atomic E-state index is 14.2. The molecule has 1 aliphatic rings. The SMILES string of the molecule is O=C([C@H](Cc1ccccc1)Nc1ccc([N+](=O)[O-])cc1[N+](=O)[O-])N1CCOCCOCCN(C(=O)[C@H](Cc2ccccc2)Nc2ccc([N+](=O)[O-])cc2[N+](=O)[O-])CCOCCOCC1. The van der Waals surface area contributed by atoms with Crippen molar-refractivity contribution in [3.8, 4) is 0 Å². The fourth-order valence-electron chi connectivity index (χ4n) is 6.74. The quantitative estimate of drug-likeness (QED) is 0.127. The highest BCUT2D eigenvalue weighted by Crippen LogP contribution is 2.31. The molecule has 1 fully saturated rings. The van der Waals surface area contributed by atoms with Crippen LogP contribution in [-0.2, 0) is 41.4 Å². The van der Waals surface area contributed by atoms with Gasteiger partial charge in [-0.05, 0) is 23.3 Å². The van der Waals surface area contributed by atoms with Gasteiger partial charge < -0.3 is 39.4 Å². The summed E-state index contributed by atoms with van der Waals surface area (Å²) in [5.74, 6) is -0.836. The second-order valence-electron chi connectivity index (χ2n) is 14.3. The van der Waals surface area contributed by atoms with Crippen molar-refractivity contribution in [3.05, 3.63) is 149 Å². The summed E-state index contributed by atoms with van der Waals surface area (Å²) in [6.45, 7) is 1.27. The number of nitro groups is 4. The molecule has 22 heteroatoms. The van der Waals surface area contributed by atoms with Crippen LogP contribution >= 0.6 is 0 Å². The number of benzene rings is 4. The molecule has 0 spiro atoms. The Labute approximate surface area is 366 Å². The van der Waals surface area contributed by atoms with Crippen molar-refractivity contribution in [1.29, 1.82) is 0 Å². The number of nitrogens with one attached hydrogen (secondary N) is 2. The standard InChI is InChI=1S/C42H48N8O14/c51-41(37(27-31-7-3-1-4-8-31)43-35-13-11-33(47(53)54)29-39(35)49(57)58)45-15-19-61-23-25-63-21-17-46(18-22-64-26-24-62-20-16-45)42(52)38(28-32-9-5-2-6-10-32)44-36-14-12-34(48(55)56)30-40(36)50(59)60/h1-14,29-30,37-38,43-44H,15-28H2/t37-,38-/m0/s1. The lowest BCUT2D eigenvalue weighted by Crippen LogP contribution is -2.47. The average Bonchev–Trinajstić information content (AvgIpc) is 3.28. The average molecular weight is 889 g/mol. The highest BCUT2D eigenvalue weighted by Gasteiger charge is 2.30. The molecule has 4 aromatic carbocycles. The first-order valence-corrected chi connectivity index (χ1v) is 20.3. The summed E-state index contributed by atoms with van der Waals surface area (Å²) in [4.78, 5) is 75.1. The number of anilines is 2. The van der Waals surface area contributed by atoms with Crippen LogP contribution in [0.5, 0.6) is 0 Å². The number of hydrogen-bond donors (Lipinski definition) is 2. The molecule has 64 heavy (non-hydrogen) atoms. The normalized spacial score (nSPS) is 15.7. The molecule has 340 valence electrons. The van der Waals surface area contributed by atoms with Crippen LogP contribution in [0.1, 0.15) is 11.1 Å². The first kappa shape index (κ1) is 47.9. The summed E-state index contributed by atoms with van der Waals surface area (Å²) < 4.78 is 23.3. The molecule has 1 heterocycles. The van der Waals surface area contributed by atoms with E-state index in [-0.39, 0.29) is 103 Å². The van der Waals surface area contributed by atoms with Crippen LogP contribution < -0.4 is 10.6 Å². The maximum Gasteiger partial charge on any atom is 0.299 e. The summed E-state index contributed by atoms with van der Waals surface area (Å²) >= 11 is 0. The lowest BCUT2D eigenvalue weighted by Gasteiger charge is -2.29. The topological polar surface area (TPSA) is 274 Å². The highest BCUT2D eigenvalue weighted by molar-refractivity contribution is 5.87. The molecule has 0 saturated carbocycles. The number of nitro benzene ring substituents is 4. The van der Waals surface area contributed by atoms with Crippen molar-refractivity contribution in [2.75, 3.05) is 89.7 Å². The zero-order chi connectivity index (χ0) is 45.8. The minimum absolute atomic E-state index is 0.0650. The zero-order valence-corrected chi connectivity index (χ0v) is 34.7. The number of amides is 2. The summed E-state index contributed by atoms with van der Waals surface area (Å²) in [6, 6.07) is 22.3. The van der Waals surface area contributed by atoms with Gasteiger partial charge in [0.05, 0.1) is 84.7 Å². The van der Waals surface area contributed by atoms with E-state index in [0.29, 0.717) is 0 Å². The molecule has 2 amide bonds. The molecule has 1 aliphatic heterocycles. The Bertz CT molecular complexity index is 2040. The van der Waals surface area contributed by atoms with Crippen LogP contribution in [0.15, 0.2) is 97.1 Å². The predicted octanol–water partition coefficient (Wildman–Crippen LogP) is 4.80. The number of rotatable bonds is 14. The van der Waals surface area contributed by atoms with Crippen LogP contribution in [0.25, 0.3) is 0 Å².